The van der Waals surface area contributed by atoms with Gasteiger partial charge in [0.1, 0.15) is 12.6 Å². The summed E-state index contributed by atoms with van der Waals surface area (Å²) in [5.41, 5.74) is 1.09. The molecule has 0 fully saturated rings. The molecule has 3 nitrogen and oxygen atoms in total. The van der Waals surface area contributed by atoms with E-state index in [0.717, 1.165) is 17.9 Å². The van der Waals surface area contributed by atoms with Crippen LogP contribution in [-0.2, 0) is 16.1 Å². The summed E-state index contributed by atoms with van der Waals surface area (Å²) in [4.78, 5) is 11.5. The fraction of sp³-hybridized carbons (Fsp3) is 0.500. The van der Waals surface area contributed by atoms with Crippen LogP contribution in [0.15, 0.2) is 18.3 Å². The Morgan fingerprint density at radius 1 is 1.71 bits per heavy atom. The quantitative estimate of drug-likeness (QED) is 0.715. The van der Waals surface area contributed by atoms with Crippen LogP contribution in [0, 0.1) is 0 Å². The normalized spacial score (nSPS) is 20.4. The largest absolute Gasteiger partial charge is 0.458 e. The topological polar surface area (TPSA) is 31.2 Å². The molecule has 1 aromatic heterocycles. The van der Waals surface area contributed by atoms with Crippen molar-refractivity contribution >= 4 is 17.7 Å². The average Bonchev–Trinajstić information content (AvgIpc) is 2.64. The van der Waals surface area contributed by atoms with Gasteiger partial charge < -0.3 is 9.30 Å². The predicted octanol–water partition coefficient (Wildman–Crippen LogP) is 1.84. The van der Waals surface area contributed by atoms with E-state index in [4.69, 9.17) is 4.74 Å². The first-order valence-electron chi connectivity index (χ1n) is 4.64. The minimum atomic E-state index is -0.110. The van der Waals surface area contributed by atoms with Gasteiger partial charge in [-0.25, -0.2) is 4.79 Å². The van der Waals surface area contributed by atoms with Gasteiger partial charge in [-0.3, -0.25) is 0 Å². The summed E-state index contributed by atoms with van der Waals surface area (Å²) >= 11 is 1.75. The van der Waals surface area contributed by atoms with Crippen LogP contribution in [0.1, 0.15) is 18.2 Å². The molecule has 0 unspecified atom stereocenters. The van der Waals surface area contributed by atoms with Crippen molar-refractivity contribution in [1.29, 1.82) is 0 Å². The SMILES string of the molecule is CSCC[C@H]1C(=O)OCc2cccn21. The third-order valence-electron chi connectivity index (χ3n) is 2.43. The van der Waals surface area contributed by atoms with Crippen LogP contribution >= 0.6 is 11.8 Å². The molecule has 0 N–H and O–H groups in total. The summed E-state index contributed by atoms with van der Waals surface area (Å²) in [6.07, 6.45) is 4.85. The highest BCUT2D eigenvalue weighted by atomic mass is 32.2. The van der Waals surface area contributed by atoms with Gasteiger partial charge in [-0.15, -0.1) is 0 Å². The molecule has 2 rings (SSSR count). The molecule has 76 valence electrons. The third-order valence-corrected chi connectivity index (χ3v) is 3.08. The molecule has 0 aromatic carbocycles. The Bertz CT molecular complexity index is 335. The van der Waals surface area contributed by atoms with Crippen molar-refractivity contribution < 1.29 is 9.53 Å². The summed E-state index contributed by atoms with van der Waals surface area (Å²) in [5.74, 6) is 0.889. The Kier molecular flexibility index (Phi) is 2.82. The zero-order chi connectivity index (χ0) is 9.97. The summed E-state index contributed by atoms with van der Waals surface area (Å²) in [7, 11) is 0. The summed E-state index contributed by atoms with van der Waals surface area (Å²) in [5, 5.41) is 0. The summed E-state index contributed by atoms with van der Waals surface area (Å²) in [6.45, 7) is 0.418. The molecule has 0 aliphatic carbocycles. The number of ether oxygens (including phenoxy) is 1. The number of carbonyl (C=O) groups is 1. The molecular formula is C10H13NO2S. The second kappa shape index (κ2) is 4.09. The zero-order valence-corrected chi connectivity index (χ0v) is 8.92. The van der Waals surface area contributed by atoms with Gasteiger partial charge in [0, 0.05) is 6.20 Å². The fourth-order valence-corrected chi connectivity index (χ4v) is 2.16. The lowest BCUT2D eigenvalue weighted by Gasteiger charge is -2.24. The Morgan fingerprint density at radius 3 is 3.36 bits per heavy atom. The van der Waals surface area contributed by atoms with E-state index in [9.17, 15) is 4.79 Å². The van der Waals surface area contributed by atoms with E-state index in [1.54, 1.807) is 11.8 Å². The smallest absolute Gasteiger partial charge is 0.329 e. The number of fused-ring (bicyclic) bond motifs is 1. The van der Waals surface area contributed by atoms with E-state index < -0.39 is 0 Å². The maximum atomic E-state index is 11.5. The summed E-state index contributed by atoms with van der Waals surface area (Å²) in [6, 6.07) is 3.85. The molecular weight excluding hydrogens is 198 g/mol. The van der Waals surface area contributed by atoms with E-state index in [-0.39, 0.29) is 12.0 Å². The average molecular weight is 211 g/mol. The number of esters is 1. The van der Waals surface area contributed by atoms with Gasteiger partial charge in [0.05, 0.1) is 5.69 Å². The number of aromatic nitrogens is 1. The standard InChI is InChI=1S/C10H13NO2S/c1-14-6-4-9-10(12)13-7-8-3-2-5-11(8)9/h2-3,5,9H,4,6-7H2,1H3/t9-/m0/s1. The molecule has 0 saturated heterocycles. The number of rotatable bonds is 3. The molecule has 1 atom stereocenters. The van der Waals surface area contributed by atoms with Gasteiger partial charge in [0.15, 0.2) is 0 Å². The van der Waals surface area contributed by atoms with Crippen LogP contribution in [0.5, 0.6) is 0 Å². The van der Waals surface area contributed by atoms with E-state index in [0.29, 0.717) is 6.61 Å². The molecule has 14 heavy (non-hydrogen) atoms. The molecule has 0 spiro atoms. The van der Waals surface area contributed by atoms with Gasteiger partial charge in [0.25, 0.3) is 0 Å². The van der Waals surface area contributed by atoms with Crippen molar-refractivity contribution in [2.45, 2.75) is 19.1 Å². The van der Waals surface area contributed by atoms with Crippen LogP contribution in [0.3, 0.4) is 0 Å². The number of carbonyl (C=O) groups excluding carboxylic acids is 1. The van der Waals surface area contributed by atoms with Crippen LogP contribution < -0.4 is 0 Å². The summed E-state index contributed by atoms with van der Waals surface area (Å²) < 4.78 is 7.13. The second-order valence-electron chi connectivity index (χ2n) is 3.31. The van der Waals surface area contributed by atoms with Crippen molar-refractivity contribution in [2.24, 2.45) is 0 Å². The molecule has 2 heterocycles. The van der Waals surface area contributed by atoms with Gasteiger partial charge in [0.2, 0.25) is 0 Å². The first-order valence-corrected chi connectivity index (χ1v) is 6.03. The van der Waals surface area contributed by atoms with E-state index in [1.807, 2.05) is 29.2 Å². The lowest BCUT2D eigenvalue weighted by atomic mass is 10.2. The Morgan fingerprint density at radius 2 is 2.57 bits per heavy atom. The first kappa shape index (κ1) is 9.65. The van der Waals surface area contributed by atoms with Crippen LogP contribution in [0.4, 0.5) is 0 Å². The predicted molar refractivity (Wildman–Crippen MR) is 56.3 cm³/mol. The lowest BCUT2D eigenvalue weighted by Crippen LogP contribution is -2.28. The van der Waals surface area contributed by atoms with Gasteiger partial charge in [-0.2, -0.15) is 11.8 Å². The molecule has 0 radical (unpaired) electrons. The van der Waals surface area contributed by atoms with E-state index in [1.165, 1.54) is 0 Å². The highest BCUT2D eigenvalue weighted by Crippen LogP contribution is 2.24. The molecule has 0 amide bonds. The third kappa shape index (κ3) is 1.66. The molecule has 1 aliphatic heterocycles. The number of hydrogen-bond acceptors (Lipinski definition) is 3. The number of cyclic esters (lactones) is 1. The van der Waals surface area contributed by atoms with Gasteiger partial charge in [-0.05, 0) is 30.6 Å². The monoisotopic (exact) mass is 211 g/mol. The van der Waals surface area contributed by atoms with Crippen molar-refractivity contribution in [3.8, 4) is 0 Å². The van der Waals surface area contributed by atoms with Crippen molar-refractivity contribution in [1.82, 2.24) is 4.57 Å². The number of nitrogens with zero attached hydrogens (tertiary/aromatic N) is 1. The molecule has 1 aliphatic rings. The van der Waals surface area contributed by atoms with E-state index in [2.05, 4.69) is 0 Å². The van der Waals surface area contributed by atoms with Crippen LogP contribution in [0.2, 0.25) is 0 Å². The maximum Gasteiger partial charge on any atom is 0.329 e. The molecule has 4 heteroatoms. The lowest BCUT2D eigenvalue weighted by molar-refractivity contribution is -0.152. The molecule has 1 aromatic rings. The van der Waals surface area contributed by atoms with Crippen molar-refractivity contribution in [2.75, 3.05) is 12.0 Å². The first-order chi connectivity index (χ1) is 6.83. The minimum Gasteiger partial charge on any atom is -0.458 e. The van der Waals surface area contributed by atoms with Gasteiger partial charge >= 0.3 is 5.97 Å². The molecule has 0 saturated carbocycles. The Hall–Kier alpha value is -0.900. The maximum absolute atomic E-state index is 11.5. The Labute approximate surface area is 87.4 Å². The van der Waals surface area contributed by atoms with Crippen molar-refractivity contribution in [3.63, 3.8) is 0 Å². The second-order valence-corrected chi connectivity index (χ2v) is 4.30. The highest BCUT2D eigenvalue weighted by Gasteiger charge is 2.27. The minimum absolute atomic E-state index is 0.0947. The zero-order valence-electron chi connectivity index (χ0n) is 8.10. The number of hydrogen-bond donors (Lipinski definition) is 0. The fourth-order valence-electron chi connectivity index (χ4n) is 1.70. The van der Waals surface area contributed by atoms with Crippen LogP contribution in [0.25, 0.3) is 0 Å². The molecule has 0 bridgehead atoms. The highest BCUT2D eigenvalue weighted by molar-refractivity contribution is 7.98. The Balaban J connectivity index is 2.18. The van der Waals surface area contributed by atoms with E-state index >= 15 is 0 Å². The van der Waals surface area contributed by atoms with Gasteiger partial charge in [-0.1, -0.05) is 0 Å². The van der Waals surface area contributed by atoms with Crippen molar-refractivity contribution in [3.05, 3.63) is 24.0 Å². The number of thioether (sulfide) groups is 1. The van der Waals surface area contributed by atoms with Crippen LogP contribution in [-0.4, -0.2) is 22.5 Å².